The average Bonchev–Trinajstić information content (AvgIpc) is 2.30. The van der Waals surface area contributed by atoms with Crippen molar-refractivity contribution in [2.24, 2.45) is 5.92 Å². The van der Waals surface area contributed by atoms with Gasteiger partial charge in [-0.2, -0.15) is 0 Å². The summed E-state index contributed by atoms with van der Waals surface area (Å²) in [6.07, 6.45) is 6.79. The van der Waals surface area contributed by atoms with Gasteiger partial charge >= 0.3 is 0 Å². The van der Waals surface area contributed by atoms with Gasteiger partial charge in [0.05, 0.1) is 6.61 Å². The van der Waals surface area contributed by atoms with Crippen LogP contribution >= 0.6 is 11.6 Å². The third-order valence-corrected chi connectivity index (χ3v) is 3.28. The lowest BCUT2D eigenvalue weighted by Gasteiger charge is -2.21. The first-order chi connectivity index (χ1) is 7.34. The maximum absolute atomic E-state index is 5.80. The van der Waals surface area contributed by atoms with Crippen LogP contribution in [0, 0.1) is 5.92 Å². The minimum absolute atomic E-state index is 0.759. The summed E-state index contributed by atoms with van der Waals surface area (Å²) in [4.78, 5) is 0. The summed E-state index contributed by atoms with van der Waals surface area (Å²) in [6, 6.07) is 7.62. The zero-order valence-corrected chi connectivity index (χ0v) is 9.67. The van der Waals surface area contributed by atoms with E-state index in [2.05, 4.69) is 0 Å². The molecule has 0 bridgehead atoms. The van der Waals surface area contributed by atoms with E-state index in [-0.39, 0.29) is 0 Å². The minimum atomic E-state index is 0.759. The highest BCUT2D eigenvalue weighted by Crippen LogP contribution is 2.24. The Balaban J connectivity index is 1.79. The Morgan fingerprint density at radius 2 is 1.73 bits per heavy atom. The van der Waals surface area contributed by atoms with Gasteiger partial charge in [0.25, 0.3) is 0 Å². The number of hydrogen-bond acceptors (Lipinski definition) is 1. The van der Waals surface area contributed by atoms with E-state index in [4.69, 9.17) is 16.3 Å². The van der Waals surface area contributed by atoms with Crippen LogP contribution < -0.4 is 4.74 Å². The standard InChI is InChI=1S/C13H17ClO/c14-12-6-8-13(9-7-12)15-10-11-4-2-1-3-5-11/h6-9,11H,1-5,10H2. The third kappa shape index (κ3) is 3.42. The van der Waals surface area contributed by atoms with Crippen LogP contribution in [0.1, 0.15) is 32.1 Å². The molecule has 0 aromatic heterocycles. The Labute approximate surface area is 96.4 Å². The Morgan fingerprint density at radius 1 is 1.07 bits per heavy atom. The van der Waals surface area contributed by atoms with Gasteiger partial charge in [-0.15, -0.1) is 0 Å². The maximum atomic E-state index is 5.80. The molecule has 1 aliphatic rings. The lowest BCUT2D eigenvalue weighted by atomic mass is 9.90. The number of hydrogen-bond donors (Lipinski definition) is 0. The molecule has 0 amide bonds. The normalized spacial score (nSPS) is 17.7. The Morgan fingerprint density at radius 3 is 2.40 bits per heavy atom. The molecule has 0 N–H and O–H groups in total. The monoisotopic (exact) mass is 224 g/mol. The van der Waals surface area contributed by atoms with Crippen LogP contribution in [0.25, 0.3) is 0 Å². The fourth-order valence-electron chi connectivity index (χ4n) is 2.10. The van der Waals surface area contributed by atoms with Gasteiger partial charge < -0.3 is 4.74 Å². The second-order valence-electron chi connectivity index (χ2n) is 4.27. The van der Waals surface area contributed by atoms with Crippen LogP contribution in [0.4, 0.5) is 0 Å². The van der Waals surface area contributed by atoms with E-state index in [9.17, 15) is 0 Å². The largest absolute Gasteiger partial charge is 0.493 e. The highest BCUT2D eigenvalue weighted by atomic mass is 35.5. The topological polar surface area (TPSA) is 9.23 Å². The molecule has 1 aromatic carbocycles. The summed E-state index contributed by atoms with van der Waals surface area (Å²) < 4.78 is 5.74. The minimum Gasteiger partial charge on any atom is -0.493 e. The number of halogens is 1. The quantitative estimate of drug-likeness (QED) is 0.744. The summed E-state index contributed by atoms with van der Waals surface area (Å²) in [5.41, 5.74) is 0. The summed E-state index contributed by atoms with van der Waals surface area (Å²) in [5, 5.41) is 0.764. The maximum Gasteiger partial charge on any atom is 0.119 e. The second kappa shape index (κ2) is 5.41. The van der Waals surface area contributed by atoms with Crippen molar-refractivity contribution in [2.75, 3.05) is 6.61 Å². The Hall–Kier alpha value is -0.690. The molecule has 1 fully saturated rings. The zero-order valence-electron chi connectivity index (χ0n) is 8.92. The molecule has 15 heavy (non-hydrogen) atoms. The van der Waals surface area contributed by atoms with Gasteiger partial charge in [0.2, 0.25) is 0 Å². The van der Waals surface area contributed by atoms with Crippen molar-refractivity contribution in [3.8, 4) is 5.75 Å². The average molecular weight is 225 g/mol. The van der Waals surface area contributed by atoms with Gasteiger partial charge in [0.15, 0.2) is 0 Å². The van der Waals surface area contributed by atoms with Crippen LogP contribution in [0.3, 0.4) is 0 Å². The van der Waals surface area contributed by atoms with Gasteiger partial charge in [-0.05, 0) is 43.0 Å². The SMILES string of the molecule is Clc1ccc(OCC2CCCCC2)cc1. The molecule has 1 saturated carbocycles. The highest BCUT2D eigenvalue weighted by Gasteiger charge is 2.13. The van der Waals surface area contributed by atoms with Crippen molar-refractivity contribution in [1.29, 1.82) is 0 Å². The Kier molecular flexibility index (Phi) is 3.90. The molecule has 1 aliphatic carbocycles. The van der Waals surface area contributed by atoms with E-state index in [0.29, 0.717) is 0 Å². The van der Waals surface area contributed by atoms with Crippen molar-refractivity contribution in [3.63, 3.8) is 0 Å². The summed E-state index contributed by atoms with van der Waals surface area (Å²) in [7, 11) is 0. The van der Waals surface area contributed by atoms with Gasteiger partial charge in [0.1, 0.15) is 5.75 Å². The van der Waals surface area contributed by atoms with E-state index >= 15 is 0 Å². The first-order valence-corrected chi connectivity index (χ1v) is 6.11. The summed E-state index contributed by atoms with van der Waals surface area (Å²) in [5.74, 6) is 1.69. The lowest BCUT2D eigenvalue weighted by molar-refractivity contribution is 0.209. The fourth-order valence-corrected chi connectivity index (χ4v) is 2.22. The molecule has 1 nitrogen and oxygen atoms in total. The number of benzene rings is 1. The zero-order chi connectivity index (χ0) is 10.5. The molecule has 0 saturated heterocycles. The molecule has 82 valence electrons. The second-order valence-corrected chi connectivity index (χ2v) is 4.71. The highest BCUT2D eigenvalue weighted by molar-refractivity contribution is 6.30. The number of ether oxygens (including phenoxy) is 1. The third-order valence-electron chi connectivity index (χ3n) is 3.02. The fraction of sp³-hybridized carbons (Fsp3) is 0.538. The van der Waals surface area contributed by atoms with Crippen LogP contribution in [0.15, 0.2) is 24.3 Å². The predicted molar refractivity (Wildman–Crippen MR) is 63.5 cm³/mol. The molecule has 0 heterocycles. The molecule has 0 spiro atoms. The van der Waals surface area contributed by atoms with Crippen LogP contribution in [-0.4, -0.2) is 6.61 Å². The Bertz CT molecular complexity index is 288. The molecule has 0 atom stereocenters. The first-order valence-electron chi connectivity index (χ1n) is 5.73. The van der Waals surface area contributed by atoms with Crippen molar-refractivity contribution in [2.45, 2.75) is 32.1 Å². The molecule has 2 heteroatoms. The van der Waals surface area contributed by atoms with Crippen molar-refractivity contribution >= 4 is 11.6 Å². The van der Waals surface area contributed by atoms with Crippen molar-refractivity contribution < 1.29 is 4.74 Å². The van der Waals surface area contributed by atoms with E-state index in [1.807, 2.05) is 24.3 Å². The van der Waals surface area contributed by atoms with Gasteiger partial charge in [-0.3, -0.25) is 0 Å². The van der Waals surface area contributed by atoms with Gasteiger partial charge in [-0.1, -0.05) is 30.9 Å². The van der Waals surface area contributed by atoms with Crippen molar-refractivity contribution in [3.05, 3.63) is 29.3 Å². The molecule has 2 rings (SSSR count). The summed E-state index contributed by atoms with van der Waals surface area (Å²) >= 11 is 5.80. The van der Waals surface area contributed by atoms with E-state index < -0.39 is 0 Å². The molecular formula is C13H17ClO. The van der Waals surface area contributed by atoms with Gasteiger partial charge in [0, 0.05) is 5.02 Å². The van der Waals surface area contributed by atoms with E-state index in [1.54, 1.807) is 0 Å². The molecule has 1 aromatic rings. The molecule has 0 radical (unpaired) electrons. The molecule has 0 aliphatic heterocycles. The van der Waals surface area contributed by atoms with Crippen molar-refractivity contribution in [1.82, 2.24) is 0 Å². The number of rotatable bonds is 3. The van der Waals surface area contributed by atoms with E-state index in [0.717, 1.165) is 23.3 Å². The van der Waals surface area contributed by atoms with Gasteiger partial charge in [-0.25, -0.2) is 0 Å². The van der Waals surface area contributed by atoms with E-state index in [1.165, 1.54) is 32.1 Å². The van der Waals surface area contributed by atoms with Crippen LogP contribution in [-0.2, 0) is 0 Å². The summed E-state index contributed by atoms with van der Waals surface area (Å²) in [6.45, 7) is 0.863. The molecular weight excluding hydrogens is 208 g/mol. The first kappa shape index (κ1) is 10.8. The van der Waals surface area contributed by atoms with Crippen LogP contribution in [0.5, 0.6) is 5.75 Å². The molecule has 0 unspecified atom stereocenters. The van der Waals surface area contributed by atoms with Crippen LogP contribution in [0.2, 0.25) is 5.02 Å². The lowest BCUT2D eigenvalue weighted by Crippen LogP contribution is -2.15. The predicted octanol–water partition coefficient (Wildman–Crippen LogP) is 4.30. The smallest absolute Gasteiger partial charge is 0.119 e.